The van der Waals surface area contributed by atoms with Gasteiger partial charge in [-0.15, -0.1) is 0 Å². The van der Waals surface area contributed by atoms with Gasteiger partial charge in [-0.05, 0) is 12.8 Å². The molecule has 2 aliphatic rings. The van der Waals surface area contributed by atoms with Crippen LogP contribution in [0.5, 0.6) is 0 Å². The fraction of sp³-hybridized carbons (Fsp3) is 0.778. The first-order chi connectivity index (χ1) is 6.20. The van der Waals surface area contributed by atoms with Gasteiger partial charge in [0, 0.05) is 6.42 Å². The van der Waals surface area contributed by atoms with Gasteiger partial charge >= 0.3 is 11.9 Å². The average molecular weight is 186 g/mol. The molecule has 0 bridgehead atoms. The Bertz CT molecular complexity index is 192. The molecule has 2 aliphatic heterocycles. The molecule has 4 nitrogen and oxygen atoms in total. The van der Waals surface area contributed by atoms with Crippen LogP contribution in [0.25, 0.3) is 0 Å². The van der Waals surface area contributed by atoms with E-state index in [-0.39, 0.29) is 17.9 Å². The lowest BCUT2D eigenvalue weighted by molar-refractivity contribution is -0.141. The second-order valence-electron chi connectivity index (χ2n) is 3.18. The van der Waals surface area contributed by atoms with Gasteiger partial charge in [-0.25, -0.2) is 0 Å². The van der Waals surface area contributed by atoms with Crippen LogP contribution < -0.4 is 0 Å². The SMILES string of the molecule is CC1CCOC1=O.O=C1CCCO1. The summed E-state index contributed by atoms with van der Waals surface area (Å²) >= 11 is 0. The molecule has 0 N–H and O–H groups in total. The summed E-state index contributed by atoms with van der Waals surface area (Å²) in [5, 5.41) is 0. The van der Waals surface area contributed by atoms with Crippen molar-refractivity contribution in [2.75, 3.05) is 13.2 Å². The zero-order valence-electron chi connectivity index (χ0n) is 7.75. The van der Waals surface area contributed by atoms with E-state index in [1.807, 2.05) is 6.92 Å². The molecule has 13 heavy (non-hydrogen) atoms. The second-order valence-corrected chi connectivity index (χ2v) is 3.18. The molecule has 0 aliphatic carbocycles. The van der Waals surface area contributed by atoms with Gasteiger partial charge in [0.2, 0.25) is 0 Å². The van der Waals surface area contributed by atoms with Crippen molar-refractivity contribution < 1.29 is 19.1 Å². The van der Waals surface area contributed by atoms with Crippen LogP contribution in [0.3, 0.4) is 0 Å². The Kier molecular flexibility index (Phi) is 3.73. The van der Waals surface area contributed by atoms with Crippen molar-refractivity contribution in [1.29, 1.82) is 0 Å². The molecular formula is C9H14O4. The van der Waals surface area contributed by atoms with Crippen LogP contribution in [0.4, 0.5) is 0 Å². The van der Waals surface area contributed by atoms with E-state index in [1.54, 1.807) is 0 Å². The van der Waals surface area contributed by atoms with Gasteiger partial charge in [0.1, 0.15) is 0 Å². The third kappa shape index (κ3) is 3.44. The number of carbonyl (C=O) groups excluding carboxylic acids is 2. The van der Waals surface area contributed by atoms with E-state index >= 15 is 0 Å². The monoisotopic (exact) mass is 186 g/mol. The zero-order chi connectivity index (χ0) is 9.68. The van der Waals surface area contributed by atoms with E-state index in [0.717, 1.165) is 12.8 Å². The molecule has 0 aromatic carbocycles. The molecule has 0 radical (unpaired) electrons. The summed E-state index contributed by atoms with van der Waals surface area (Å²) in [6.45, 7) is 3.15. The van der Waals surface area contributed by atoms with Crippen molar-refractivity contribution in [2.45, 2.75) is 26.2 Å². The van der Waals surface area contributed by atoms with Gasteiger partial charge in [-0.1, -0.05) is 6.92 Å². The minimum atomic E-state index is -0.0463. The summed E-state index contributed by atoms with van der Waals surface area (Å²) in [7, 11) is 0. The molecule has 1 atom stereocenters. The molecule has 74 valence electrons. The van der Waals surface area contributed by atoms with Crippen LogP contribution in [0.1, 0.15) is 26.2 Å². The minimum Gasteiger partial charge on any atom is -0.466 e. The Hall–Kier alpha value is -1.06. The van der Waals surface area contributed by atoms with E-state index in [2.05, 4.69) is 9.47 Å². The molecule has 0 saturated carbocycles. The summed E-state index contributed by atoms with van der Waals surface area (Å²) in [5.74, 6) is 0.0648. The molecule has 0 amide bonds. The van der Waals surface area contributed by atoms with Crippen molar-refractivity contribution in [3.05, 3.63) is 0 Å². The van der Waals surface area contributed by atoms with Crippen LogP contribution in [0.2, 0.25) is 0 Å². The molecule has 2 rings (SSSR count). The Morgan fingerprint density at radius 1 is 1.23 bits per heavy atom. The van der Waals surface area contributed by atoms with Crippen molar-refractivity contribution in [3.8, 4) is 0 Å². The Balaban J connectivity index is 0.000000132. The standard InChI is InChI=1S/C5H8O2.C4H6O2/c1-4-2-3-7-5(4)6;5-4-2-1-3-6-4/h4H,2-3H2,1H3;1-3H2. The summed E-state index contributed by atoms with van der Waals surface area (Å²) in [6, 6.07) is 0. The van der Waals surface area contributed by atoms with Crippen molar-refractivity contribution in [2.24, 2.45) is 5.92 Å². The van der Waals surface area contributed by atoms with Crippen molar-refractivity contribution in [1.82, 2.24) is 0 Å². The summed E-state index contributed by atoms with van der Waals surface area (Å²) in [4.78, 5) is 20.4. The molecule has 0 aromatic heterocycles. The molecule has 2 saturated heterocycles. The van der Waals surface area contributed by atoms with E-state index in [9.17, 15) is 9.59 Å². The number of carbonyl (C=O) groups is 2. The van der Waals surface area contributed by atoms with Crippen LogP contribution >= 0.6 is 0 Å². The van der Waals surface area contributed by atoms with Gasteiger partial charge in [0.05, 0.1) is 19.1 Å². The van der Waals surface area contributed by atoms with E-state index in [0.29, 0.717) is 19.6 Å². The molecule has 1 unspecified atom stereocenters. The predicted octanol–water partition coefficient (Wildman–Crippen LogP) is 0.893. The second kappa shape index (κ2) is 4.84. The highest BCUT2D eigenvalue weighted by Gasteiger charge is 2.20. The molecule has 2 fully saturated rings. The third-order valence-corrected chi connectivity index (χ3v) is 1.99. The fourth-order valence-corrected chi connectivity index (χ4v) is 1.07. The number of rotatable bonds is 0. The number of hydrogen-bond donors (Lipinski definition) is 0. The number of hydrogen-bond acceptors (Lipinski definition) is 4. The first-order valence-electron chi connectivity index (χ1n) is 4.52. The van der Waals surface area contributed by atoms with Gasteiger partial charge in [0.15, 0.2) is 0 Å². The lowest BCUT2D eigenvalue weighted by atomic mass is 10.2. The predicted molar refractivity (Wildman–Crippen MR) is 44.9 cm³/mol. The quantitative estimate of drug-likeness (QED) is 0.527. The minimum absolute atomic E-state index is 0.0417. The van der Waals surface area contributed by atoms with E-state index in [1.165, 1.54) is 0 Å². The number of cyclic esters (lactones) is 2. The molecule has 0 spiro atoms. The molecule has 4 heteroatoms. The van der Waals surface area contributed by atoms with Gasteiger partial charge in [0.25, 0.3) is 0 Å². The first kappa shape index (κ1) is 10.0. The topological polar surface area (TPSA) is 52.6 Å². The highest BCUT2D eigenvalue weighted by atomic mass is 16.5. The summed E-state index contributed by atoms with van der Waals surface area (Å²) < 4.78 is 9.14. The lowest BCUT2D eigenvalue weighted by Crippen LogP contribution is -2.00. The normalized spacial score (nSPS) is 26.1. The lowest BCUT2D eigenvalue weighted by Gasteiger charge is -1.88. The van der Waals surface area contributed by atoms with Crippen molar-refractivity contribution >= 4 is 11.9 Å². The number of esters is 2. The number of ether oxygens (including phenoxy) is 2. The zero-order valence-corrected chi connectivity index (χ0v) is 7.75. The fourth-order valence-electron chi connectivity index (χ4n) is 1.07. The van der Waals surface area contributed by atoms with Gasteiger partial charge in [-0.3, -0.25) is 9.59 Å². The van der Waals surface area contributed by atoms with Crippen LogP contribution in [0, 0.1) is 5.92 Å². The molecule has 0 aromatic rings. The smallest absolute Gasteiger partial charge is 0.308 e. The Morgan fingerprint density at radius 2 is 2.00 bits per heavy atom. The van der Waals surface area contributed by atoms with Gasteiger partial charge in [-0.2, -0.15) is 0 Å². The molecular weight excluding hydrogens is 172 g/mol. The van der Waals surface area contributed by atoms with Crippen LogP contribution in [0.15, 0.2) is 0 Å². The maximum atomic E-state index is 10.4. The van der Waals surface area contributed by atoms with Gasteiger partial charge < -0.3 is 9.47 Å². The third-order valence-electron chi connectivity index (χ3n) is 1.99. The summed E-state index contributed by atoms with van der Waals surface area (Å²) in [5.41, 5.74) is 0. The average Bonchev–Trinajstić information content (AvgIpc) is 2.67. The molecule has 2 heterocycles. The first-order valence-corrected chi connectivity index (χ1v) is 4.52. The van der Waals surface area contributed by atoms with Crippen molar-refractivity contribution in [3.63, 3.8) is 0 Å². The maximum Gasteiger partial charge on any atom is 0.308 e. The maximum absolute atomic E-state index is 10.4. The van der Waals surface area contributed by atoms with Crippen LogP contribution in [-0.4, -0.2) is 25.2 Å². The summed E-state index contributed by atoms with van der Waals surface area (Å²) in [6.07, 6.45) is 2.44. The van der Waals surface area contributed by atoms with E-state index in [4.69, 9.17) is 0 Å². The Labute approximate surface area is 77.2 Å². The highest BCUT2D eigenvalue weighted by molar-refractivity contribution is 5.73. The Morgan fingerprint density at radius 3 is 2.15 bits per heavy atom. The largest absolute Gasteiger partial charge is 0.466 e. The van der Waals surface area contributed by atoms with E-state index < -0.39 is 0 Å². The highest BCUT2D eigenvalue weighted by Crippen LogP contribution is 2.11. The van der Waals surface area contributed by atoms with Crippen LogP contribution in [-0.2, 0) is 19.1 Å².